The molecule has 2 rings (SSSR count). The lowest BCUT2D eigenvalue weighted by atomic mass is 10.1. The number of aromatic nitrogens is 2. The first kappa shape index (κ1) is 12.3. The number of rotatable bonds is 2. The highest BCUT2D eigenvalue weighted by Gasteiger charge is 2.15. The monoisotopic (exact) mass is 316 g/mol. The smallest absolute Gasteiger partial charge is 0.216 e. The van der Waals surface area contributed by atoms with E-state index in [9.17, 15) is 4.39 Å². The van der Waals surface area contributed by atoms with Crippen LogP contribution >= 0.6 is 27.5 Å². The fraction of sp³-hybridized carbons (Fsp3) is 0.0909. The highest BCUT2D eigenvalue weighted by atomic mass is 79.9. The van der Waals surface area contributed by atoms with Crippen molar-refractivity contribution in [2.45, 2.75) is 0 Å². The number of hydrogen-bond acceptors (Lipinski definition) is 3. The van der Waals surface area contributed by atoms with Crippen LogP contribution in [0.5, 0.6) is 5.88 Å². The third-order valence-electron chi connectivity index (χ3n) is 2.15. The summed E-state index contributed by atoms with van der Waals surface area (Å²) >= 11 is 9.00. The van der Waals surface area contributed by atoms with Gasteiger partial charge in [-0.1, -0.05) is 11.6 Å². The van der Waals surface area contributed by atoms with Gasteiger partial charge in [0.15, 0.2) is 5.82 Å². The van der Waals surface area contributed by atoms with Crippen LogP contribution in [-0.4, -0.2) is 17.1 Å². The van der Waals surface area contributed by atoms with Crippen LogP contribution in [0.15, 0.2) is 29.0 Å². The first-order valence-electron chi connectivity index (χ1n) is 4.63. The summed E-state index contributed by atoms with van der Waals surface area (Å²) in [4.78, 5) is 7.86. The predicted molar refractivity (Wildman–Crippen MR) is 66.7 cm³/mol. The molecular formula is C11H7BrClFN2O. The quantitative estimate of drug-likeness (QED) is 0.792. The van der Waals surface area contributed by atoms with Crippen molar-refractivity contribution in [2.24, 2.45) is 0 Å². The van der Waals surface area contributed by atoms with Crippen LogP contribution in [-0.2, 0) is 0 Å². The minimum atomic E-state index is -0.526. The van der Waals surface area contributed by atoms with E-state index in [-0.39, 0.29) is 5.02 Å². The van der Waals surface area contributed by atoms with Crippen molar-refractivity contribution in [3.8, 4) is 17.1 Å². The maximum atomic E-state index is 13.9. The summed E-state index contributed by atoms with van der Waals surface area (Å²) in [6.45, 7) is 0. The van der Waals surface area contributed by atoms with Crippen molar-refractivity contribution in [3.63, 3.8) is 0 Å². The summed E-state index contributed by atoms with van der Waals surface area (Å²) in [6, 6.07) is 4.68. The standard InChI is InChI=1S/C11H7BrClFN2O/c1-17-9-4-8(15-5-16-9)10-6(12)2-3-7(13)11(10)14/h2-5H,1H3. The van der Waals surface area contributed by atoms with Gasteiger partial charge in [-0.15, -0.1) is 0 Å². The van der Waals surface area contributed by atoms with Gasteiger partial charge in [0.05, 0.1) is 23.4 Å². The fourth-order valence-electron chi connectivity index (χ4n) is 1.35. The highest BCUT2D eigenvalue weighted by Crippen LogP contribution is 2.34. The van der Waals surface area contributed by atoms with Gasteiger partial charge in [0, 0.05) is 10.5 Å². The van der Waals surface area contributed by atoms with E-state index in [0.717, 1.165) is 0 Å². The number of halogens is 3. The number of benzene rings is 1. The number of methoxy groups -OCH3 is 1. The first-order valence-corrected chi connectivity index (χ1v) is 5.80. The molecule has 1 aromatic carbocycles. The van der Waals surface area contributed by atoms with Crippen molar-refractivity contribution in [2.75, 3.05) is 7.11 Å². The van der Waals surface area contributed by atoms with Gasteiger partial charge >= 0.3 is 0 Å². The molecule has 3 nitrogen and oxygen atoms in total. The van der Waals surface area contributed by atoms with E-state index in [2.05, 4.69) is 25.9 Å². The Morgan fingerprint density at radius 1 is 1.35 bits per heavy atom. The zero-order valence-corrected chi connectivity index (χ0v) is 11.1. The normalized spacial score (nSPS) is 10.4. The third-order valence-corrected chi connectivity index (χ3v) is 3.10. The average Bonchev–Trinajstić information content (AvgIpc) is 2.35. The van der Waals surface area contributed by atoms with E-state index < -0.39 is 5.82 Å². The van der Waals surface area contributed by atoms with E-state index in [1.807, 2.05) is 0 Å². The van der Waals surface area contributed by atoms with Gasteiger partial charge in [-0.2, -0.15) is 0 Å². The molecule has 6 heteroatoms. The van der Waals surface area contributed by atoms with Crippen LogP contribution in [0.25, 0.3) is 11.3 Å². The molecule has 88 valence electrons. The Morgan fingerprint density at radius 3 is 2.82 bits per heavy atom. The van der Waals surface area contributed by atoms with Crippen LogP contribution in [0.2, 0.25) is 5.02 Å². The van der Waals surface area contributed by atoms with Gasteiger partial charge in [-0.25, -0.2) is 14.4 Å². The largest absolute Gasteiger partial charge is 0.481 e. The highest BCUT2D eigenvalue weighted by molar-refractivity contribution is 9.10. The molecule has 0 radical (unpaired) electrons. The summed E-state index contributed by atoms with van der Waals surface area (Å²) in [5.41, 5.74) is 0.696. The Morgan fingerprint density at radius 2 is 2.12 bits per heavy atom. The molecule has 0 atom stereocenters. The molecule has 0 saturated heterocycles. The average molecular weight is 318 g/mol. The molecular weight excluding hydrogens is 310 g/mol. The molecule has 17 heavy (non-hydrogen) atoms. The number of nitrogens with zero attached hydrogens (tertiary/aromatic N) is 2. The molecule has 0 aliphatic rings. The van der Waals surface area contributed by atoms with Crippen molar-refractivity contribution in [1.29, 1.82) is 0 Å². The van der Waals surface area contributed by atoms with Crippen LogP contribution in [0.3, 0.4) is 0 Å². The topological polar surface area (TPSA) is 35.0 Å². The van der Waals surface area contributed by atoms with E-state index in [1.165, 1.54) is 19.5 Å². The lowest BCUT2D eigenvalue weighted by molar-refractivity contribution is 0.397. The van der Waals surface area contributed by atoms with E-state index >= 15 is 0 Å². The Bertz CT molecular complexity index is 565. The second-order valence-corrected chi connectivity index (χ2v) is 4.43. The van der Waals surface area contributed by atoms with Crippen LogP contribution in [0, 0.1) is 5.82 Å². The second kappa shape index (κ2) is 4.98. The molecule has 0 fully saturated rings. The van der Waals surface area contributed by atoms with Crippen LogP contribution in [0.4, 0.5) is 4.39 Å². The SMILES string of the molecule is COc1cc(-c2c(Br)ccc(Cl)c2F)ncn1. The fourth-order valence-corrected chi connectivity index (χ4v) is 2.02. The molecule has 0 aliphatic heterocycles. The third kappa shape index (κ3) is 2.40. The Balaban J connectivity index is 2.63. The molecule has 0 unspecified atom stereocenters. The Hall–Kier alpha value is -1.20. The lowest BCUT2D eigenvalue weighted by Gasteiger charge is -2.07. The van der Waals surface area contributed by atoms with Gasteiger partial charge in [0.1, 0.15) is 6.33 Å². The maximum Gasteiger partial charge on any atom is 0.216 e. The summed E-state index contributed by atoms with van der Waals surface area (Å²) in [5, 5.41) is 0.0424. The molecule has 0 aliphatic carbocycles. The molecule has 1 aromatic heterocycles. The number of hydrogen-bond donors (Lipinski definition) is 0. The lowest BCUT2D eigenvalue weighted by Crippen LogP contribution is -1.94. The number of ether oxygens (including phenoxy) is 1. The molecule has 0 amide bonds. The Labute approximate surface area is 111 Å². The van der Waals surface area contributed by atoms with Gasteiger partial charge in [0.25, 0.3) is 0 Å². The maximum absolute atomic E-state index is 13.9. The van der Waals surface area contributed by atoms with E-state index in [4.69, 9.17) is 16.3 Å². The molecule has 1 heterocycles. The van der Waals surface area contributed by atoms with Crippen molar-refractivity contribution in [1.82, 2.24) is 9.97 Å². The van der Waals surface area contributed by atoms with Gasteiger partial charge in [0.2, 0.25) is 5.88 Å². The molecule has 2 aromatic rings. The van der Waals surface area contributed by atoms with Crippen molar-refractivity contribution >= 4 is 27.5 Å². The second-order valence-electron chi connectivity index (χ2n) is 3.16. The molecule has 0 spiro atoms. The van der Waals surface area contributed by atoms with Gasteiger partial charge in [-0.05, 0) is 28.1 Å². The summed E-state index contributed by atoms with van der Waals surface area (Å²) in [6.07, 6.45) is 1.31. The van der Waals surface area contributed by atoms with E-state index in [0.29, 0.717) is 21.6 Å². The molecule has 0 bridgehead atoms. The molecule has 0 N–H and O–H groups in total. The van der Waals surface area contributed by atoms with Gasteiger partial charge in [-0.3, -0.25) is 0 Å². The summed E-state index contributed by atoms with van der Waals surface area (Å²) < 4.78 is 19.5. The van der Waals surface area contributed by atoms with Crippen molar-refractivity contribution in [3.05, 3.63) is 39.8 Å². The van der Waals surface area contributed by atoms with E-state index in [1.54, 1.807) is 12.1 Å². The zero-order valence-electron chi connectivity index (χ0n) is 8.75. The molecule has 0 saturated carbocycles. The Kier molecular flexibility index (Phi) is 3.59. The first-order chi connectivity index (χ1) is 8.13. The minimum absolute atomic E-state index is 0.0424. The van der Waals surface area contributed by atoms with Crippen molar-refractivity contribution < 1.29 is 9.13 Å². The zero-order chi connectivity index (χ0) is 12.4. The summed E-state index contributed by atoms with van der Waals surface area (Å²) in [5.74, 6) is -0.164. The summed E-state index contributed by atoms with van der Waals surface area (Å²) in [7, 11) is 1.48. The van der Waals surface area contributed by atoms with Crippen LogP contribution in [0.1, 0.15) is 0 Å². The van der Waals surface area contributed by atoms with Gasteiger partial charge < -0.3 is 4.74 Å². The predicted octanol–water partition coefficient (Wildman–Crippen LogP) is 3.71. The minimum Gasteiger partial charge on any atom is -0.481 e. The van der Waals surface area contributed by atoms with Crippen LogP contribution < -0.4 is 4.74 Å².